The van der Waals surface area contributed by atoms with Crippen LogP contribution in [0.15, 0.2) is 0 Å². The fourth-order valence-electron chi connectivity index (χ4n) is 2.28. The Morgan fingerprint density at radius 2 is 0.704 bits per heavy atom. The lowest BCUT2D eigenvalue weighted by Gasteiger charge is -2.14. The predicted octanol–water partition coefficient (Wildman–Crippen LogP) is 4.31. The van der Waals surface area contributed by atoms with Crippen LogP contribution in [0.2, 0.25) is 0 Å². The van der Waals surface area contributed by atoms with Gasteiger partial charge in [-0.1, -0.05) is 34.1 Å². The van der Waals surface area contributed by atoms with Gasteiger partial charge < -0.3 is 98.1 Å². The number of ether oxygens (including phenoxy) is 12. The Kier molecular flexibility index (Phi) is 92.0. The Morgan fingerprint density at radius 3 is 0.840 bits per heavy atom. The number of methoxy groups -OCH3 is 2. The first-order valence-electron chi connectivity index (χ1n) is 26.3. The van der Waals surface area contributed by atoms with Gasteiger partial charge in [0.15, 0.2) is 0 Å². The standard InChI is InChI=1S/C11H20O8.C8H16O4.2C5H12O.C4H10O.C3H6O2.C3H8O2.4C3H6O.2CO2.H2O/c1-7(12)4-16-10(14)18-6-9(3)19-11(15)17-5-8(2)13;1-4-7(3)12-8(10)11-5-6(2)9;1-4-5(2)6-3;1-3-4-5(2)6;1-3-4(2)5;1-3(4)5-2;1-3(5)2-4;4*1-3-2-4-3;2*2-1-3;/h7-9,12-13H,4-6H2,1-3H3;6-7,9H,4-5H2,1-3H3;5H,4H2,1-3H3;5-6H,3-4H2,1-2H3;4-5H,3H2,1-2H3;1-2H3;3-5H,2H2,1H3;4*3H,2H2,1H3;;;1H2. The van der Waals surface area contributed by atoms with Crippen LogP contribution in [-0.2, 0) is 80.8 Å². The molecule has 28 nitrogen and oxygen atoms in total. The highest BCUT2D eigenvalue weighted by molar-refractivity contribution is 5.65. The van der Waals surface area contributed by atoms with E-state index in [0.29, 0.717) is 30.5 Å². The van der Waals surface area contributed by atoms with Gasteiger partial charge in [-0.25, -0.2) is 14.4 Å². The van der Waals surface area contributed by atoms with Crippen molar-refractivity contribution in [2.45, 2.75) is 236 Å². The second kappa shape index (κ2) is 75.5. The highest BCUT2D eigenvalue weighted by atomic mass is 16.8. The summed E-state index contributed by atoms with van der Waals surface area (Å²) in [6.07, 6.45) is 1.52. The van der Waals surface area contributed by atoms with E-state index in [4.69, 9.17) is 88.1 Å². The van der Waals surface area contributed by atoms with Crippen LogP contribution in [0, 0.1) is 0 Å². The largest absolute Gasteiger partial charge is 0.508 e. The molecule has 0 aromatic carbocycles. The summed E-state index contributed by atoms with van der Waals surface area (Å²) in [5, 5.41) is 59.4. The third-order valence-electron chi connectivity index (χ3n) is 7.76. The van der Waals surface area contributed by atoms with E-state index in [2.05, 4.69) is 72.2 Å². The average molecular weight is 1200 g/mol. The molecule has 13 atom stereocenters. The van der Waals surface area contributed by atoms with E-state index in [1.54, 1.807) is 21.0 Å². The number of carbonyl (C=O) groups excluding carboxylic acids is 8. The number of carbonyl (C=O) groups is 4. The highest BCUT2D eigenvalue weighted by Gasteiger charge is 2.16. The second-order valence-electron chi connectivity index (χ2n) is 17.6. The molecule has 28 heteroatoms. The fourth-order valence-corrected chi connectivity index (χ4v) is 2.28. The number of rotatable bonds is 17. The van der Waals surface area contributed by atoms with Crippen molar-refractivity contribution in [3.05, 3.63) is 0 Å². The van der Waals surface area contributed by atoms with E-state index in [9.17, 15) is 19.2 Å². The summed E-state index contributed by atoms with van der Waals surface area (Å²) in [4.78, 5) is 74.9. The van der Waals surface area contributed by atoms with Gasteiger partial charge in [0, 0.05) is 14.0 Å². The maximum absolute atomic E-state index is 11.1. The lowest BCUT2D eigenvalue weighted by Crippen LogP contribution is -2.25. The number of hydrogen-bond donors (Lipinski definition) is 7. The van der Waals surface area contributed by atoms with Crippen molar-refractivity contribution in [2.75, 3.05) is 73.7 Å². The minimum atomic E-state index is -0.964. The van der Waals surface area contributed by atoms with Gasteiger partial charge in [-0.15, -0.1) is 0 Å². The molecule has 490 valence electrons. The van der Waals surface area contributed by atoms with E-state index in [-0.39, 0.29) is 75.1 Å². The van der Waals surface area contributed by atoms with Crippen LogP contribution in [0.5, 0.6) is 0 Å². The maximum Gasteiger partial charge on any atom is 0.508 e. The van der Waals surface area contributed by atoms with Gasteiger partial charge in [-0.05, 0) is 116 Å². The molecule has 0 amide bonds. The summed E-state index contributed by atoms with van der Waals surface area (Å²) >= 11 is 0. The van der Waals surface area contributed by atoms with Gasteiger partial charge in [-0.2, -0.15) is 19.2 Å². The van der Waals surface area contributed by atoms with E-state index in [1.807, 2.05) is 20.8 Å². The summed E-state index contributed by atoms with van der Waals surface area (Å²) in [5.74, 6) is -0.245. The normalized spacial score (nSPS) is 18.2. The average Bonchev–Trinajstić information content (AvgIpc) is 4.11. The zero-order valence-electron chi connectivity index (χ0n) is 52.2. The smallest absolute Gasteiger partial charge is 0.469 e. The van der Waals surface area contributed by atoms with Gasteiger partial charge >= 0.3 is 36.7 Å². The molecule has 4 aliphatic heterocycles. The zero-order valence-corrected chi connectivity index (χ0v) is 52.2. The number of aliphatic hydroxyl groups excluding tert-OH is 7. The molecule has 13 unspecified atom stereocenters. The SMILES string of the molecule is CC(O)CO.CC(O)COC(=O)OCC(C)OC(=O)OCC(C)O.CC1CO1.CC1CO1.CC1CO1.CC1CO1.CCC(C)O.CCC(C)OC.CCC(C)OC(=O)OCC(C)O.CCCC(C)O.COC(C)=O.O.O=C=O.O=C=O. The summed E-state index contributed by atoms with van der Waals surface area (Å²) in [7, 11) is 3.08. The van der Waals surface area contributed by atoms with Crippen molar-refractivity contribution >= 4 is 36.7 Å². The Bertz CT molecular complexity index is 1290. The minimum absolute atomic E-state index is 0. The molecule has 4 saturated heterocycles. The van der Waals surface area contributed by atoms with Crippen molar-refractivity contribution in [3.63, 3.8) is 0 Å². The molecule has 4 aliphatic rings. The van der Waals surface area contributed by atoms with Crippen molar-refractivity contribution < 1.29 is 136 Å². The molecule has 4 heterocycles. The molecule has 0 radical (unpaired) electrons. The van der Waals surface area contributed by atoms with Crippen molar-refractivity contribution in [1.29, 1.82) is 0 Å². The molecular weight excluding hydrogens is 1080 g/mol. The predicted molar refractivity (Wildman–Crippen MR) is 293 cm³/mol. The van der Waals surface area contributed by atoms with E-state index in [0.717, 1.165) is 58.5 Å². The highest BCUT2D eigenvalue weighted by Crippen LogP contribution is 2.06. The lowest BCUT2D eigenvalue weighted by atomic mass is 10.2. The quantitative estimate of drug-likeness (QED) is 0.0606. The maximum atomic E-state index is 11.1. The Labute approximate surface area is 481 Å². The summed E-state index contributed by atoms with van der Waals surface area (Å²) in [6, 6.07) is 0. The molecule has 0 bridgehead atoms. The van der Waals surface area contributed by atoms with Gasteiger partial charge in [0.25, 0.3) is 0 Å². The Morgan fingerprint density at radius 1 is 0.469 bits per heavy atom. The molecule has 0 saturated carbocycles. The topological polar surface area (TPSA) is 434 Å². The monoisotopic (exact) mass is 1190 g/mol. The van der Waals surface area contributed by atoms with Crippen LogP contribution in [0.4, 0.5) is 14.4 Å². The molecule has 9 N–H and O–H groups in total. The second-order valence-corrected chi connectivity index (χ2v) is 17.6. The third-order valence-corrected chi connectivity index (χ3v) is 7.76. The van der Waals surface area contributed by atoms with E-state index < -0.39 is 49.0 Å². The van der Waals surface area contributed by atoms with Gasteiger partial charge in [0.05, 0.1) is 107 Å². The lowest BCUT2D eigenvalue weighted by molar-refractivity contribution is -0.193. The van der Waals surface area contributed by atoms with E-state index in [1.165, 1.54) is 48.7 Å². The minimum Gasteiger partial charge on any atom is -0.469 e. The molecule has 0 aromatic rings. The number of aliphatic hydroxyl groups is 7. The van der Waals surface area contributed by atoms with E-state index >= 15 is 0 Å². The molecule has 4 rings (SSSR count). The van der Waals surface area contributed by atoms with Crippen LogP contribution in [0.1, 0.15) is 157 Å². The fraction of sp³-hybridized carbons (Fsp3) is 0.887. The molecule has 0 spiro atoms. The zero-order chi connectivity index (χ0) is 64.6. The van der Waals surface area contributed by atoms with Crippen LogP contribution in [0.3, 0.4) is 0 Å². The van der Waals surface area contributed by atoms with Crippen LogP contribution >= 0.6 is 0 Å². The molecule has 81 heavy (non-hydrogen) atoms. The van der Waals surface area contributed by atoms with Crippen LogP contribution in [-0.4, -0.2) is 231 Å². The van der Waals surface area contributed by atoms with Crippen molar-refractivity contribution in [3.8, 4) is 0 Å². The number of hydrogen-bond acceptors (Lipinski definition) is 27. The molecule has 4 fully saturated rings. The molecular formula is C53H110O28. The Hall–Kier alpha value is -4.48. The first-order valence-corrected chi connectivity index (χ1v) is 26.3. The Balaban J connectivity index is -0.0000000888. The number of epoxide rings is 4. The number of esters is 1. The van der Waals surface area contributed by atoms with Gasteiger partial charge in [0.1, 0.15) is 38.6 Å². The third kappa shape index (κ3) is 160. The van der Waals surface area contributed by atoms with Crippen molar-refractivity contribution in [1.82, 2.24) is 0 Å². The van der Waals surface area contributed by atoms with Crippen LogP contribution in [0.25, 0.3) is 0 Å². The summed E-state index contributed by atoms with van der Waals surface area (Å²) in [6.45, 7) is 35.7. The van der Waals surface area contributed by atoms with Crippen molar-refractivity contribution in [2.24, 2.45) is 0 Å². The molecule has 0 aliphatic carbocycles. The first-order chi connectivity index (χ1) is 37.2. The summed E-state index contributed by atoms with van der Waals surface area (Å²) < 4.78 is 55.6. The summed E-state index contributed by atoms with van der Waals surface area (Å²) in [5.41, 5.74) is 0. The first kappa shape index (κ1) is 98.6. The van der Waals surface area contributed by atoms with Gasteiger partial charge in [-0.3, -0.25) is 4.79 Å². The van der Waals surface area contributed by atoms with Crippen LogP contribution < -0.4 is 0 Å². The van der Waals surface area contributed by atoms with Gasteiger partial charge in [0.2, 0.25) is 0 Å². The molecule has 0 aromatic heterocycles.